The summed E-state index contributed by atoms with van der Waals surface area (Å²) in [6.07, 6.45) is 0.470. The van der Waals surface area contributed by atoms with Crippen LogP contribution in [0.4, 0.5) is 0 Å². The van der Waals surface area contributed by atoms with Crippen LogP contribution < -0.4 is 0 Å². The first-order valence-corrected chi connectivity index (χ1v) is 8.35. The first kappa shape index (κ1) is 17.5. The van der Waals surface area contributed by atoms with Gasteiger partial charge in [-0.25, -0.2) is 0 Å². The van der Waals surface area contributed by atoms with E-state index >= 15 is 0 Å². The van der Waals surface area contributed by atoms with Crippen molar-refractivity contribution in [3.63, 3.8) is 0 Å². The summed E-state index contributed by atoms with van der Waals surface area (Å²) in [6, 6.07) is 14.6. The standard InChI is InChI=1S/C18H14Cl2N2O3/c19-14-7-6-12(10-15(14)20)11-24-17(23)9-8-16-21-18(22-25-16)13-4-2-1-3-5-13/h1-7,10H,8-9,11H2. The van der Waals surface area contributed by atoms with Crippen LogP contribution in [0.3, 0.4) is 0 Å². The molecule has 1 heterocycles. The van der Waals surface area contributed by atoms with Gasteiger partial charge in [0.15, 0.2) is 0 Å². The fraction of sp³-hybridized carbons (Fsp3) is 0.167. The van der Waals surface area contributed by atoms with Gasteiger partial charge in [-0.15, -0.1) is 0 Å². The van der Waals surface area contributed by atoms with Gasteiger partial charge in [-0.05, 0) is 17.7 Å². The Kier molecular flexibility index (Phi) is 5.68. The van der Waals surface area contributed by atoms with E-state index in [1.165, 1.54) is 0 Å². The van der Waals surface area contributed by atoms with Crippen molar-refractivity contribution in [2.24, 2.45) is 0 Å². The Bertz CT molecular complexity index is 866. The molecule has 2 aromatic carbocycles. The van der Waals surface area contributed by atoms with Gasteiger partial charge in [0, 0.05) is 12.0 Å². The molecule has 0 aliphatic rings. The molecule has 0 N–H and O–H groups in total. The highest BCUT2D eigenvalue weighted by molar-refractivity contribution is 6.42. The molecule has 0 bridgehead atoms. The lowest BCUT2D eigenvalue weighted by Gasteiger charge is -2.05. The topological polar surface area (TPSA) is 65.2 Å². The maximum absolute atomic E-state index is 11.8. The number of hydrogen-bond acceptors (Lipinski definition) is 5. The smallest absolute Gasteiger partial charge is 0.306 e. The van der Waals surface area contributed by atoms with Gasteiger partial charge in [0.1, 0.15) is 6.61 Å². The minimum absolute atomic E-state index is 0.134. The molecule has 1 aromatic heterocycles. The highest BCUT2D eigenvalue weighted by Crippen LogP contribution is 2.23. The quantitative estimate of drug-likeness (QED) is 0.582. The number of rotatable bonds is 6. The average molecular weight is 377 g/mol. The second-order valence-electron chi connectivity index (χ2n) is 5.29. The Balaban J connectivity index is 1.49. The maximum Gasteiger partial charge on any atom is 0.306 e. The molecule has 0 aliphatic carbocycles. The zero-order valence-electron chi connectivity index (χ0n) is 13.1. The number of carbonyl (C=O) groups excluding carboxylic acids is 1. The first-order valence-electron chi connectivity index (χ1n) is 7.59. The molecule has 3 rings (SSSR count). The summed E-state index contributed by atoms with van der Waals surface area (Å²) in [5.74, 6) is 0.538. The largest absolute Gasteiger partial charge is 0.461 e. The summed E-state index contributed by atoms with van der Waals surface area (Å²) in [6.45, 7) is 0.134. The lowest BCUT2D eigenvalue weighted by atomic mass is 10.2. The fourth-order valence-corrected chi connectivity index (χ4v) is 2.46. The van der Waals surface area contributed by atoms with Gasteiger partial charge < -0.3 is 9.26 Å². The van der Waals surface area contributed by atoms with Crippen LogP contribution in [0, 0.1) is 0 Å². The van der Waals surface area contributed by atoms with E-state index in [1.54, 1.807) is 18.2 Å². The Morgan fingerprint density at radius 1 is 1.08 bits per heavy atom. The normalized spacial score (nSPS) is 10.6. The second-order valence-corrected chi connectivity index (χ2v) is 6.10. The van der Waals surface area contributed by atoms with Gasteiger partial charge in [0.05, 0.1) is 16.5 Å². The molecule has 0 saturated carbocycles. The zero-order valence-corrected chi connectivity index (χ0v) is 14.6. The number of nitrogens with zero attached hydrogens (tertiary/aromatic N) is 2. The van der Waals surface area contributed by atoms with Crippen molar-refractivity contribution in [3.8, 4) is 11.4 Å². The molecule has 5 nitrogen and oxygen atoms in total. The first-order chi connectivity index (χ1) is 12.1. The van der Waals surface area contributed by atoms with Crippen molar-refractivity contribution < 1.29 is 14.1 Å². The minimum atomic E-state index is -0.356. The molecule has 128 valence electrons. The van der Waals surface area contributed by atoms with E-state index in [9.17, 15) is 4.79 Å². The molecule has 0 fully saturated rings. The zero-order chi connectivity index (χ0) is 17.6. The molecule has 7 heteroatoms. The summed E-state index contributed by atoms with van der Waals surface area (Å²) < 4.78 is 10.4. The number of esters is 1. The van der Waals surface area contributed by atoms with Gasteiger partial charge in [-0.2, -0.15) is 4.98 Å². The third-order valence-corrected chi connectivity index (χ3v) is 4.17. The summed E-state index contributed by atoms with van der Waals surface area (Å²) in [5.41, 5.74) is 1.63. The van der Waals surface area contributed by atoms with Crippen molar-refractivity contribution in [3.05, 3.63) is 70.0 Å². The van der Waals surface area contributed by atoms with Crippen molar-refractivity contribution in [2.75, 3.05) is 0 Å². The van der Waals surface area contributed by atoms with Crippen molar-refractivity contribution >= 4 is 29.2 Å². The van der Waals surface area contributed by atoms with E-state index in [-0.39, 0.29) is 19.0 Å². The van der Waals surface area contributed by atoms with E-state index in [2.05, 4.69) is 10.1 Å². The molecule has 0 unspecified atom stereocenters. The molecule has 0 spiro atoms. The van der Waals surface area contributed by atoms with E-state index in [1.807, 2.05) is 30.3 Å². The molecular formula is C18H14Cl2N2O3. The molecule has 0 atom stereocenters. The molecule has 0 radical (unpaired) electrons. The van der Waals surface area contributed by atoms with Crippen molar-refractivity contribution in [1.29, 1.82) is 0 Å². The number of aryl methyl sites for hydroxylation is 1. The Hall–Kier alpha value is -2.37. The molecular weight excluding hydrogens is 363 g/mol. The summed E-state index contributed by atoms with van der Waals surface area (Å²) >= 11 is 11.8. The summed E-state index contributed by atoms with van der Waals surface area (Å²) in [4.78, 5) is 16.1. The summed E-state index contributed by atoms with van der Waals surface area (Å²) in [5, 5.41) is 4.80. The Morgan fingerprint density at radius 2 is 1.88 bits per heavy atom. The van der Waals surface area contributed by atoms with Crippen LogP contribution in [0.1, 0.15) is 17.9 Å². The minimum Gasteiger partial charge on any atom is -0.461 e. The number of aromatic nitrogens is 2. The molecule has 0 amide bonds. The lowest BCUT2D eigenvalue weighted by Crippen LogP contribution is -2.06. The Morgan fingerprint density at radius 3 is 2.64 bits per heavy atom. The summed E-state index contributed by atoms with van der Waals surface area (Å²) in [7, 11) is 0. The van der Waals surface area contributed by atoms with Crippen LogP contribution >= 0.6 is 23.2 Å². The lowest BCUT2D eigenvalue weighted by molar-refractivity contribution is -0.145. The number of hydrogen-bond donors (Lipinski definition) is 0. The van der Waals surface area contributed by atoms with Crippen molar-refractivity contribution in [1.82, 2.24) is 10.1 Å². The monoisotopic (exact) mass is 376 g/mol. The van der Waals surface area contributed by atoms with Gasteiger partial charge in [-0.3, -0.25) is 4.79 Å². The van der Waals surface area contributed by atoms with Gasteiger partial charge >= 0.3 is 5.97 Å². The predicted molar refractivity (Wildman–Crippen MR) is 94.3 cm³/mol. The van der Waals surface area contributed by atoms with Crippen molar-refractivity contribution in [2.45, 2.75) is 19.4 Å². The highest BCUT2D eigenvalue weighted by Gasteiger charge is 2.11. The van der Waals surface area contributed by atoms with E-state index in [0.717, 1.165) is 11.1 Å². The van der Waals surface area contributed by atoms with E-state index in [4.69, 9.17) is 32.5 Å². The third kappa shape index (κ3) is 4.81. The fourth-order valence-electron chi connectivity index (χ4n) is 2.14. The molecule has 0 saturated heterocycles. The number of benzene rings is 2. The Labute approximate surface area is 154 Å². The molecule has 0 aliphatic heterocycles. The van der Waals surface area contributed by atoms with Crippen LogP contribution in [0.15, 0.2) is 53.1 Å². The maximum atomic E-state index is 11.8. The van der Waals surface area contributed by atoms with Gasteiger partial charge in [0.2, 0.25) is 11.7 Å². The molecule has 25 heavy (non-hydrogen) atoms. The van der Waals surface area contributed by atoms with Crippen LogP contribution in [0.5, 0.6) is 0 Å². The number of carbonyl (C=O) groups is 1. The SMILES string of the molecule is O=C(CCc1nc(-c2ccccc2)no1)OCc1ccc(Cl)c(Cl)c1. The van der Waals surface area contributed by atoms with Crippen LogP contribution in [0.2, 0.25) is 10.0 Å². The van der Waals surface area contributed by atoms with Crippen LogP contribution in [0.25, 0.3) is 11.4 Å². The van der Waals surface area contributed by atoms with Gasteiger partial charge in [0.25, 0.3) is 0 Å². The van der Waals surface area contributed by atoms with Gasteiger partial charge in [-0.1, -0.05) is 64.8 Å². The van der Waals surface area contributed by atoms with E-state index in [0.29, 0.717) is 28.2 Å². The van der Waals surface area contributed by atoms with Crippen LogP contribution in [-0.2, 0) is 22.6 Å². The van der Waals surface area contributed by atoms with E-state index < -0.39 is 0 Å². The predicted octanol–water partition coefficient (Wildman–Crippen LogP) is 4.72. The highest BCUT2D eigenvalue weighted by atomic mass is 35.5. The number of ether oxygens (including phenoxy) is 1. The second kappa shape index (κ2) is 8.14. The van der Waals surface area contributed by atoms with Crippen LogP contribution in [-0.4, -0.2) is 16.1 Å². The average Bonchev–Trinajstić information content (AvgIpc) is 3.11. The number of halogens is 2. The third-order valence-electron chi connectivity index (χ3n) is 3.43. The molecule has 3 aromatic rings.